The molecular formula is C18H19F2NO4. The first-order chi connectivity index (χ1) is 11.8. The number of phenolic OH excluding ortho intramolecular Hbond substituents is 1. The Bertz CT molecular complexity index is 765. The number of aromatic hydroxyl groups is 1. The summed E-state index contributed by atoms with van der Waals surface area (Å²) in [6.07, 6.45) is 0. The van der Waals surface area contributed by atoms with Gasteiger partial charge < -0.3 is 19.5 Å². The fourth-order valence-electron chi connectivity index (χ4n) is 2.38. The summed E-state index contributed by atoms with van der Waals surface area (Å²) in [5, 5.41) is 9.87. The lowest BCUT2D eigenvalue weighted by Crippen LogP contribution is -2.26. The van der Waals surface area contributed by atoms with Crippen LogP contribution in [-0.2, 0) is 6.54 Å². The van der Waals surface area contributed by atoms with Crippen LogP contribution in [0, 0.1) is 6.92 Å². The van der Waals surface area contributed by atoms with E-state index in [-0.39, 0.29) is 35.3 Å². The molecule has 0 unspecified atom stereocenters. The minimum Gasteiger partial charge on any atom is -0.507 e. The third-order valence-corrected chi connectivity index (χ3v) is 3.59. The van der Waals surface area contributed by atoms with Gasteiger partial charge in [0.05, 0.1) is 12.7 Å². The molecule has 0 aromatic heterocycles. The third-order valence-electron chi connectivity index (χ3n) is 3.59. The molecule has 25 heavy (non-hydrogen) atoms. The van der Waals surface area contributed by atoms with Crippen LogP contribution in [0.1, 0.15) is 21.5 Å². The highest BCUT2D eigenvalue weighted by molar-refractivity contribution is 5.96. The highest BCUT2D eigenvalue weighted by Gasteiger charge is 2.17. The van der Waals surface area contributed by atoms with Crippen molar-refractivity contribution >= 4 is 5.91 Å². The fourth-order valence-corrected chi connectivity index (χ4v) is 2.38. The molecule has 0 saturated heterocycles. The number of amides is 1. The first-order valence-electron chi connectivity index (χ1n) is 7.48. The Hall–Kier alpha value is -2.83. The number of ether oxygens (including phenoxy) is 2. The van der Waals surface area contributed by atoms with Crippen molar-refractivity contribution in [3.63, 3.8) is 0 Å². The molecule has 1 N–H and O–H groups in total. The van der Waals surface area contributed by atoms with Crippen molar-refractivity contribution in [3.05, 3.63) is 53.1 Å². The minimum atomic E-state index is -2.95. The molecule has 7 heteroatoms. The van der Waals surface area contributed by atoms with Gasteiger partial charge in [0.1, 0.15) is 5.75 Å². The molecular weight excluding hydrogens is 332 g/mol. The number of methoxy groups -OCH3 is 1. The van der Waals surface area contributed by atoms with Crippen molar-refractivity contribution in [2.75, 3.05) is 14.2 Å². The summed E-state index contributed by atoms with van der Waals surface area (Å²) in [5.41, 5.74) is 1.72. The number of alkyl halides is 2. The second-order valence-corrected chi connectivity index (χ2v) is 5.55. The maximum Gasteiger partial charge on any atom is 0.387 e. The standard InChI is InChI=1S/C18H19F2NO4/c1-11-4-6-14(22)13(8-11)17(23)21(2)10-12-5-7-15(25-18(19)20)16(9-12)24-3/h4-9,18,22H,10H2,1-3H3. The smallest absolute Gasteiger partial charge is 0.387 e. The highest BCUT2D eigenvalue weighted by atomic mass is 19.3. The van der Waals surface area contributed by atoms with Gasteiger partial charge in [0, 0.05) is 13.6 Å². The van der Waals surface area contributed by atoms with Crippen LogP contribution in [0.3, 0.4) is 0 Å². The van der Waals surface area contributed by atoms with Gasteiger partial charge in [0.2, 0.25) is 0 Å². The first-order valence-corrected chi connectivity index (χ1v) is 7.48. The van der Waals surface area contributed by atoms with Crippen LogP contribution in [0.25, 0.3) is 0 Å². The van der Waals surface area contributed by atoms with Crippen LogP contribution >= 0.6 is 0 Å². The Kier molecular flexibility index (Phi) is 5.80. The van der Waals surface area contributed by atoms with E-state index in [0.29, 0.717) is 5.56 Å². The van der Waals surface area contributed by atoms with Crippen molar-refractivity contribution in [1.82, 2.24) is 4.90 Å². The van der Waals surface area contributed by atoms with Crippen molar-refractivity contribution in [3.8, 4) is 17.2 Å². The number of aryl methyl sites for hydroxylation is 1. The molecule has 1 amide bonds. The molecule has 0 bridgehead atoms. The number of rotatable bonds is 6. The van der Waals surface area contributed by atoms with Crippen LogP contribution in [0.5, 0.6) is 17.2 Å². The van der Waals surface area contributed by atoms with Gasteiger partial charge in [-0.1, -0.05) is 17.7 Å². The molecule has 2 rings (SSSR count). The maximum absolute atomic E-state index is 12.5. The largest absolute Gasteiger partial charge is 0.507 e. The zero-order valence-electron chi connectivity index (χ0n) is 14.1. The van der Waals surface area contributed by atoms with Crippen molar-refractivity contribution < 1.29 is 28.2 Å². The zero-order chi connectivity index (χ0) is 18.6. The Morgan fingerprint density at radius 1 is 1.20 bits per heavy atom. The molecule has 134 valence electrons. The molecule has 0 fully saturated rings. The van der Waals surface area contributed by atoms with Gasteiger partial charge in [-0.25, -0.2) is 0 Å². The number of benzene rings is 2. The van der Waals surface area contributed by atoms with Crippen molar-refractivity contribution in [1.29, 1.82) is 0 Å². The molecule has 0 aliphatic carbocycles. The number of hydrogen-bond donors (Lipinski definition) is 1. The first kappa shape index (κ1) is 18.5. The summed E-state index contributed by atoms with van der Waals surface area (Å²) in [7, 11) is 2.93. The predicted molar refractivity (Wildman–Crippen MR) is 88.3 cm³/mol. The number of halogens is 2. The minimum absolute atomic E-state index is 0.0773. The summed E-state index contributed by atoms with van der Waals surface area (Å²) < 4.78 is 34.1. The molecule has 2 aromatic rings. The van der Waals surface area contributed by atoms with Crippen molar-refractivity contribution in [2.45, 2.75) is 20.1 Å². The maximum atomic E-state index is 12.5. The van der Waals surface area contributed by atoms with E-state index in [4.69, 9.17) is 4.74 Å². The Morgan fingerprint density at radius 3 is 2.56 bits per heavy atom. The molecule has 0 heterocycles. The van der Waals surface area contributed by atoms with E-state index in [1.807, 2.05) is 6.92 Å². The Labute approximate surface area is 144 Å². The normalized spacial score (nSPS) is 10.6. The van der Waals surface area contributed by atoms with E-state index in [0.717, 1.165) is 5.56 Å². The average molecular weight is 351 g/mol. The molecule has 0 aliphatic heterocycles. The average Bonchev–Trinajstić information content (AvgIpc) is 2.57. The quantitative estimate of drug-likeness (QED) is 0.864. The Balaban J connectivity index is 2.18. The molecule has 0 aliphatic rings. The monoisotopic (exact) mass is 351 g/mol. The summed E-state index contributed by atoms with van der Waals surface area (Å²) >= 11 is 0. The summed E-state index contributed by atoms with van der Waals surface area (Å²) in [6.45, 7) is -0.923. The second kappa shape index (κ2) is 7.83. The number of phenols is 1. The number of carbonyl (C=O) groups excluding carboxylic acids is 1. The van der Waals surface area contributed by atoms with Crippen LogP contribution in [0.4, 0.5) is 8.78 Å². The number of nitrogens with zero attached hydrogens (tertiary/aromatic N) is 1. The fraction of sp³-hybridized carbons (Fsp3) is 0.278. The van der Waals surface area contributed by atoms with Crippen molar-refractivity contribution in [2.24, 2.45) is 0 Å². The van der Waals surface area contributed by atoms with Gasteiger partial charge >= 0.3 is 6.61 Å². The third kappa shape index (κ3) is 4.59. The summed E-state index contributed by atoms with van der Waals surface area (Å²) in [6, 6.07) is 9.24. The van der Waals surface area contributed by atoms with Gasteiger partial charge in [0.25, 0.3) is 5.91 Å². The highest BCUT2D eigenvalue weighted by Crippen LogP contribution is 2.30. The van der Waals surface area contributed by atoms with E-state index >= 15 is 0 Å². The lowest BCUT2D eigenvalue weighted by Gasteiger charge is -2.19. The lowest BCUT2D eigenvalue weighted by molar-refractivity contribution is -0.0512. The summed E-state index contributed by atoms with van der Waals surface area (Å²) in [5.74, 6) is -0.377. The lowest BCUT2D eigenvalue weighted by atomic mass is 10.1. The van der Waals surface area contributed by atoms with Gasteiger partial charge in [-0.05, 0) is 36.8 Å². The molecule has 2 aromatic carbocycles. The molecule has 0 saturated carbocycles. The van der Waals surface area contributed by atoms with Crippen LogP contribution < -0.4 is 9.47 Å². The van der Waals surface area contributed by atoms with Gasteiger partial charge in [0.15, 0.2) is 11.5 Å². The van der Waals surface area contributed by atoms with Gasteiger partial charge in [-0.2, -0.15) is 8.78 Å². The number of carbonyl (C=O) groups is 1. The molecule has 0 atom stereocenters. The van der Waals surface area contributed by atoms with Crippen LogP contribution in [0.15, 0.2) is 36.4 Å². The molecule has 0 radical (unpaired) electrons. The van der Waals surface area contributed by atoms with Gasteiger partial charge in [-0.3, -0.25) is 4.79 Å². The van der Waals surface area contributed by atoms with Crippen LogP contribution in [-0.4, -0.2) is 36.7 Å². The van der Waals surface area contributed by atoms with E-state index in [1.165, 1.54) is 30.2 Å². The molecule has 0 spiro atoms. The zero-order valence-corrected chi connectivity index (χ0v) is 14.1. The predicted octanol–water partition coefficient (Wildman–Crippen LogP) is 3.58. The summed E-state index contributed by atoms with van der Waals surface area (Å²) in [4.78, 5) is 13.9. The number of hydrogen-bond acceptors (Lipinski definition) is 4. The van der Waals surface area contributed by atoms with E-state index in [9.17, 15) is 18.7 Å². The van der Waals surface area contributed by atoms with E-state index in [2.05, 4.69) is 4.74 Å². The second-order valence-electron chi connectivity index (χ2n) is 5.55. The van der Waals surface area contributed by atoms with Gasteiger partial charge in [-0.15, -0.1) is 0 Å². The SMILES string of the molecule is COc1cc(CN(C)C(=O)c2cc(C)ccc2O)ccc1OC(F)F. The Morgan fingerprint density at radius 2 is 1.92 bits per heavy atom. The van der Waals surface area contributed by atoms with E-state index < -0.39 is 6.61 Å². The van der Waals surface area contributed by atoms with E-state index in [1.54, 1.807) is 25.2 Å². The topological polar surface area (TPSA) is 59.0 Å². The molecule has 5 nitrogen and oxygen atoms in total. The van der Waals surface area contributed by atoms with Crippen LogP contribution in [0.2, 0.25) is 0 Å².